The molecule has 0 aromatic carbocycles. The number of nitrogens with zero attached hydrogens (tertiary/aromatic N) is 1. The van der Waals surface area contributed by atoms with Crippen LogP contribution < -0.4 is 5.32 Å². The van der Waals surface area contributed by atoms with Gasteiger partial charge in [0.25, 0.3) is 0 Å². The Balaban J connectivity index is 2.07. The van der Waals surface area contributed by atoms with Gasteiger partial charge in [-0.15, -0.1) is 0 Å². The number of hydrogen-bond donors (Lipinski definition) is 1. The molecular weight excluding hydrogens is 240 g/mol. The smallest absolute Gasteiger partial charge is 0.245 e. The first-order valence-corrected chi connectivity index (χ1v) is 7.29. The molecule has 1 aliphatic heterocycles. The third-order valence-corrected chi connectivity index (χ3v) is 4.06. The van der Waals surface area contributed by atoms with E-state index < -0.39 is 0 Å². The van der Waals surface area contributed by atoms with E-state index in [1.165, 1.54) is 12.0 Å². The van der Waals surface area contributed by atoms with Gasteiger partial charge in [-0.05, 0) is 38.5 Å². The molecule has 19 heavy (non-hydrogen) atoms. The molecule has 1 fully saturated rings. The van der Waals surface area contributed by atoms with E-state index >= 15 is 0 Å². The van der Waals surface area contributed by atoms with Crippen molar-refractivity contribution in [1.29, 1.82) is 0 Å². The average Bonchev–Trinajstić information content (AvgIpc) is 2.84. The standard InChI is InChI=1S/C15H24N2O2/c1-10(2)13-14(18)16-11(3)15(19)17(13)9-8-12-6-4-5-7-12/h6,10-11,13H,4-5,7-9H2,1-3H3,(H,16,18). The van der Waals surface area contributed by atoms with Crippen LogP contribution in [0, 0.1) is 5.92 Å². The maximum absolute atomic E-state index is 12.3. The van der Waals surface area contributed by atoms with E-state index in [4.69, 9.17) is 0 Å². The van der Waals surface area contributed by atoms with Crippen LogP contribution in [0.25, 0.3) is 0 Å². The summed E-state index contributed by atoms with van der Waals surface area (Å²) in [5.41, 5.74) is 1.44. The number of amides is 2. The summed E-state index contributed by atoms with van der Waals surface area (Å²) < 4.78 is 0. The van der Waals surface area contributed by atoms with Crippen molar-refractivity contribution in [2.75, 3.05) is 6.54 Å². The molecule has 2 aliphatic rings. The van der Waals surface area contributed by atoms with E-state index in [0.29, 0.717) is 6.54 Å². The minimum absolute atomic E-state index is 0.0116. The van der Waals surface area contributed by atoms with E-state index in [-0.39, 0.29) is 29.8 Å². The minimum Gasteiger partial charge on any atom is -0.343 e. The molecule has 0 aromatic rings. The monoisotopic (exact) mass is 264 g/mol. The molecule has 106 valence electrons. The number of carbonyl (C=O) groups excluding carboxylic acids is 2. The maximum Gasteiger partial charge on any atom is 0.245 e. The molecule has 0 radical (unpaired) electrons. The Kier molecular flexibility index (Phi) is 4.27. The topological polar surface area (TPSA) is 49.4 Å². The van der Waals surface area contributed by atoms with Crippen molar-refractivity contribution in [1.82, 2.24) is 10.2 Å². The number of nitrogens with one attached hydrogen (secondary N) is 1. The van der Waals surface area contributed by atoms with E-state index in [1.807, 2.05) is 13.8 Å². The second kappa shape index (κ2) is 5.76. The van der Waals surface area contributed by atoms with Gasteiger partial charge in [0.1, 0.15) is 12.1 Å². The lowest BCUT2D eigenvalue weighted by molar-refractivity contribution is -0.150. The number of allylic oxidation sites excluding steroid dienone is 1. The number of rotatable bonds is 4. The van der Waals surface area contributed by atoms with Crippen LogP contribution in [0.3, 0.4) is 0 Å². The zero-order valence-corrected chi connectivity index (χ0v) is 12.1. The fraction of sp³-hybridized carbons (Fsp3) is 0.733. The summed E-state index contributed by atoms with van der Waals surface area (Å²) in [6.45, 7) is 6.43. The third-order valence-electron chi connectivity index (χ3n) is 4.06. The van der Waals surface area contributed by atoms with Crippen LogP contribution >= 0.6 is 0 Å². The molecule has 0 saturated carbocycles. The van der Waals surface area contributed by atoms with Crippen LogP contribution in [0.1, 0.15) is 46.5 Å². The minimum atomic E-state index is -0.389. The van der Waals surface area contributed by atoms with Crippen LogP contribution in [-0.4, -0.2) is 35.3 Å². The lowest BCUT2D eigenvalue weighted by Crippen LogP contribution is -2.64. The number of piperazine rings is 1. The zero-order valence-electron chi connectivity index (χ0n) is 12.1. The quantitative estimate of drug-likeness (QED) is 0.788. The van der Waals surface area contributed by atoms with E-state index in [1.54, 1.807) is 11.8 Å². The molecule has 4 nitrogen and oxygen atoms in total. The van der Waals surface area contributed by atoms with Gasteiger partial charge in [-0.2, -0.15) is 0 Å². The number of hydrogen-bond acceptors (Lipinski definition) is 2. The molecule has 1 saturated heterocycles. The Morgan fingerprint density at radius 1 is 1.42 bits per heavy atom. The highest BCUT2D eigenvalue weighted by atomic mass is 16.2. The first kappa shape index (κ1) is 14.1. The second-order valence-corrected chi connectivity index (χ2v) is 5.96. The lowest BCUT2D eigenvalue weighted by atomic mass is 9.96. The molecule has 1 N–H and O–H groups in total. The SMILES string of the molecule is CC1NC(=O)C(C(C)C)N(CCC2=CCCC2)C1=O. The molecule has 1 heterocycles. The Hall–Kier alpha value is -1.32. The zero-order chi connectivity index (χ0) is 14.0. The van der Waals surface area contributed by atoms with Gasteiger partial charge in [0.15, 0.2) is 0 Å². The van der Waals surface area contributed by atoms with E-state index in [9.17, 15) is 9.59 Å². The predicted octanol–water partition coefficient (Wildman–Crippen LogP) is 1.86. The van der Waals surface area contributed by atoms with Gasteiger partial charge in [-0.25, -0.2) is 0 Å². The van der Waals surface area contributed by atoms with E-state index in [0.717, 1.165) is 19.3 Å². The largest absolute Gasteiger partial charge is 0.343 e. The van der Waals surface area contributed by atoms with Gasteiger partial charge >= 0.3 is 0 Å². The molecule has 0 spiro atoms. The first-order valence-electron chi connectivity index (χ1n) is 7.29. The summed E-state index contributed by atoms with van der Waals surface area (Å²) >= 11 is 0. The Morgan fingerprint density at radius 3 is 2.74 bits per heavy atom. The van der Waals surface area contributed by atoms with Crippen LogP contribution in [0.4, 0.5) is 0 Å². The van der Waals surface area contributed by atoms with Crippen molar-refractivity contribution < 1.29 is 9.59 Å². The van der Waals surface area contributed by atoms with Crippen molar-refractivity contribution in [2.24, 2.45) is 5.92 Å². The maximum atomic E-state index is 12.3. The van der Waals surface area contributed by atoms with Gasteiger partial charge in [-0.1, -0.05) is 25.5 Å². The Labute approximate surface area is 115 Å². The summed E-state index contributed by atoms with van der Waals surface area (Å²) in [6, 6.07) is -0.703. The van der Waals surface area contributed by atoms with Crippen molar-refractivity contribution in [2.45, 2.75) is 58.5 Å². The molecule has 2 atom stereocenters. The lowest BCUT2D eigenvalue weighted by Gasteiger charge is -2.40. The molecule has 1 aliphatic carbocycles. The van der Waals surface area contributed by atoms with Crippen LogP contribution in [0.2, 0.25) is 0 Å². The molecule has 2 unspecified atom stereocenters. The summed E-state index contributed by atoms with van der Waals surface area (Å²) in [5.74, 6) is 0.188. The van der Waals surface area contributed by atoms with Crippen molar-refractivity contribution in [3.05, 3.63) is 11.6 Å². The average molecular weight is 264 g/mol. The molecule has 0 aromatic heterocycles. The molecule has 2 amide bonds. The molecular formula is C15H24N2O2. The van der Waals surface area contributed by atoms with Gasteiger partial charge in [-0.3, -0.25) is 9.59 Å². The highest BCUT2D eigenvalue weighted by Crippen LogP contribution is 2.23. The normalized spacial score (nSPS) is 27.8. The first-order chi connectivity index (χ1) is 9.00. The third kappa shape index (κ3) is 2.99. The van der Waals surface area contributed by atoms with Crippen LogP contribution in [0.15, 0.2) is 11.6 Å². The van der Waals surface area contributed by atoms with Gasteiger partial charge in [0.05, 0.1) is 0 Å². The van der Waals surface area contributed by atoms with Crippen molar-refractivity contribution >= 4 is 11.8 Å². The Bertz CT molecular complexity index is 401. The van der Waals surface area contributed by atoms with Crippen LogP contribution in [-0.2, 0) is 9.59 Å². The molecule has 2 rings (SSSR count). The number of carbonyl (C=O) groups is 2. The summed E-state index contributed by atoms with van der Waals surface area (Å²) in [4.78, 5) is 26.1. The van der Waals surface area contributed by atoms with Gasteiger partial charge in [0, 0.05) is 6.54 Å². The van der Waals surface area contributed by atoms with Crippen molar-refractivity contribution in [3.63, 3.8) is 0 Å². The highest BCUT2D eigenvalue weighted by Gasteiger charge is 2.39. The molecule has 4 heteroatoms. The summed E-state index contributed by atoms with van der Waals surface area (Å²) in [7, 11) is 0. The fourth-order valence-corrected chi connectivity index (χ4v) is 3.03. The summed E-state index contributed by atoms with van der Waals surface area (Å²) in [6.07, 6.45) is 6.73. The van der Waals surface area contributed by atoms with Crippen molar-refractivity contribution in [3.8, 4) is 0 Å². The van der Waals surface area contributed by atoms with Crippen LogP contribution in [0.5, 0.6) is 0 Å². The Morgan fingerprint density at radius 2 is 2.16 bits per heavy atom. The predicted molar refractivity (Wildman–Crippen MR) is 74.5 cm³/mol. The van der Waals surface area contributed by atoms with Gasteiger partial charge < -0.3 is 10.2 Å². The van der Waals surface area contributed by atoms with E-state index in [2.05, 4.69) is 11.4 Å². The molecule has 0 bridgehead atoms. The van der Waals surface area contributed by atoms with Gasteiger partial charge in [0.2, 0.25) is 11.8 Å². The fourth-order valence-electron chi connectivity index (χ4n) is 3.03. The highest BCUT2D eigenvalue weighted by molar-refractivity contribution is 5.96. The second-order valence-electron chi connectivity index (χ2n) is 5.96. The summed E-state index contributed by atoms with van der Waals surface area (Å²) in [5, 5.41) is 2.77.